The van der Waals surface area contributed by atoms with E-state index >= 15 is 0 Å². The molecule has 2 aromatic carbocycles. The van der Waals surface area contributed by atoms with Gasteiger partial charge in [0.2, 0.25) is 5.91 Å². The molecule has 1 heterocycles. The highest BCUT2D eigenvalue weighted by Crippen LogP contribution is 2.24. The monoisotopic (exact) mass is 513 g/mol. The number of aliphatic carboxylic acids is 2. The van der Waals surface area contributed by atoms with Crippen molar-refractivity contribution in [3.05, 3.63) is 60.2 Å². The molecule has 37 heavy (non-hydrogen) atoms. The van der Waals surface area contributed by atoms with Crippen molar-refractivity contribution in [2.45, 2.75) is 33.2 Å². The van der Waals surface area contributed by atoms with E-state index in [1.165, 1.54) is 5.56 Å². The number of carbonyl (C=O) groups is 3. The van der Waals surface area contributed by atoms with Crippen molar-refractivity contribution in [1.29, 1.82) is 0 Å². The van der Waals surface area contributed by atoms with Gasteiger partial charge in [0.05, 0.1) is 0 Å². The molecule has 0 saturated carbocycles. The number of hydrogen-bond donors (Lipinski definition) is 3. The molecule has 0 radical (unpaired) electrons. The molecule has 1 fully saturated rings. The molecular weight excluding hydrogens is 474 g/mol. The van der Waals surface area contributed by atoms with Crippen LogP contribution in [0, 0.1) is 11.3 Å². The maximum Gasteiger partial charge on any atom is 0.414 e. The summed E-state index contributed by atoms with van der Waals surface area (Å²) in [6.07, 6.45) is 1.83. The van der Waals surface area contributed by atoms with Gasteiger partial charge in [-0.3, -0.25) is 9.69 Å². The van der Waals surface area contributed by atoms with Crippen LogP contribution in [0.15, 0.2) is 54.6 Å². The van der Waals surface area contributed by atoms with E-state index in [0.29, 0.717) is 0 Å². The van der Waals surface area contributed by atoms with Gasteiger partial charge < -0.3 is 25.2 Å². The fourth-order valence-electron chi connectivity index (χ4n) is 4.33. The second-order valence-electron chi connectivity index (χ2n) is 10.3. The molecule has 1 saturated heterocycles. The highest BCUT2D eigenvalue weighted by atomic mass is 16.5. The number of piperidine rings is 1. The Morgan fingerprint density at radius 1 is 0.973 bits per heavy atom. The molecule has 0 atom stereocenters. The first kappa shape index (κ1) is 29.8. The van der Waals surface area contributed by atoms with Gasteiger partial charge in [-0.05, 0) is 75.3 Å². The summed E-state index contributed by atoms with van der Waals surface area (Å²) >= 11 is 0. The minimum Gasteiger partial charge on any atom is -0.473 e. The Kier molecular flexibility index (Phi) is 11.6. The molecule has 1 aliphatic rings. The average molecular weight is 514 g/mol. The molecule has 0 spiro atoms. The number of nitrogens with one attached hydrogen (secondary N) is 1. The lowest BCUT2D eigenvalue weighted by molar-refractivity contribution is -0.159. The maximum atomic E-state index is 12.7. The Labute approximate surface area is 219 Å². The van der Waals surface area contributed by atoms with Crippen molar-refractivity contribution in [2.24, 2.45) is 11.3 Å². The Morgan fingerprint density at radius 2 is 1.57 bits per heavy atom. The van der Waals surface area contributed by atoms with Crippen molar-refractivity contribution < 1.29 is 29.3 Å². The van der Waals surface area contributed by atoms with Crippen molar-refractivity contribution in [3.63, 3.8) is 0 Å². The summed E-state index contributed by atoms with van der Waals surface area (Å²) in [6.45, 7) is 8.86. The van der Waals surface area contributed by atoms with Gasteiger partial charge in [0, 0.05) is 25.6 Å². The minimum absolute atomic E-state index is 0.0761. The van der Waals surface area contributed by atoms with Crippen molar-refractivity contribution in [2.75, 3.05) is 40.3 Å². The predicted molar refractivity (Wildman–Crippen MR) is 142 cm³/mol. The molecule has 0 aliphatic carbocycles. The molecule has 1 aliphatic heterocycles. The Bertz CT molecular complexity index is 1010. The quantitative estimate of drug-likeness (QED) is 0.436. The molecule has 3 rings (SSSR count). The van der Waals surface area contributed by atoms with Crippen LogP contribution in [0.4, 0.5) is 0 Å². The Hall–Kier alpha value is -3.43. The van der Waals surface area contributed by atoms with Gasteiger partial charge in [0.25, 0.3) is 0 Å². The number of carboxylic acid groups (broad SMARTS) is 2. The number of rotatable bonds is 9. The van der Waals surface area contributed by atoms with E-state index in [9.17, 15) is 4.79 Å². The molecular formula is C28H39N3O6. The molecule has 3 N–H and O–H groups in total. The molecule has 0 aromatic heterocycles. The Balaban J connectivity index is 0.000000717. The first-order valence-corrected chi connectivity index (χ1v) is 12.4. The SMILES string of the molecule is CN(C)CC(C)(C)CNC(=O)C1CCN(Cc2cccc(Oc3ccccc3)c2)CC1.O=C(O)C(=O)O. The zero-order valence-electron chi connectivity index (χ0n) is 22.1. The number of amides is 1. The van der Waals surface area contributed by atoms with Crippen LogP contribution in [0.1, 0.15) is 32.3 Å². The van der Waals surface area contributed by atoms with E-state index in [1.54, 1.807) is 0 Å². The number of nitrogens with zero attached hydrogens (tertiary/aromatic N) is 2. The number of para-hydroxylation sites is 1. The highest BCUT2D eigenvalue weighted by Gasteiger charge is 2.27. The zero-order valence-corrected chi connectivity index (χ0v) is 22.1. The fraction of sp³-hybridized carbons (Fsp3) is 0.464. The minimum atomic E-state index is -1.82. The number of hydrogen-bond acceptors (Lipinski definition) is 6. The number of carbonyl (C=O) groups excluding carboxylic acids is 1. The fourth-order valence-corrected chi connectivity index (χ4v) is 4.33. The van der Waals surface area contributed by atoms with Crippen LogP contribution < -0.4 is 10.1 Å². The van der Waals surface area contributed by atoms with Crippen molar-refractivity contribution in [1.82, 2.24) is 15.1 Å². The van der Waals surface area contributed by atoms with E-state index in [-0.39, 0.29) is 17.2 Å². The Morgan fingerprint density at radius 3 is 2.14 bits per heavy atom. The third kappa shape index (κ3) is 11.4. The van der Waals surface area contributed by atoms with Crippen LogP contribution >= 0.6 is 0 Å². The van der Waals surface area contributed by atoms with Crippen LogP contribution in [0.2, 0.25) is 0 Å². The molecule has 9 nitrogen and oxygen atoms in total. The summed E-state index contributed by atoms with van der Waals surface area (Å²) in [7, 11) is 4.14. The normalized spacial score (nSPS) is 14.4. The van der Waals surface area contributed by atoms with Gasteiger partial charge in [-0.25, -0.2) is 9.59 Å². The average Bonchev–Trinajstić information content (AvgIpc) is 2.83. The van der Waals surface area contributed by atoms with E-state index in [2.05, 4.69) is 55.2 Å². The summed E-state index contributed by atoms with van der Waals surface area (Å²) in [5.74, 6) is -1.60. The lowest BCUT2D eigenvalue weighted by Gasteiger charge is -2.33. The summed E-state index contributed by atoms with van der Waals surface area (Å²) in [4.78, 5) is 35.5. The van der Waals surface area contributed by atoms with E-state index in [1.807, 2.05) is 42.5 Å². The molecule has 1 amide bonds. The van der Waals surface area contributed by atoms with E-state index in [4.69, 9.17) is 24.5 Å². The summed E-state index contributed by atoms with van der Waals surface area (Å²) in [5.41, 5.74) is 1.31. The van der Waals surface area contributed by atoms with Gasteiger partial charge in [-0.1, -0.05) is 44.2 Å². The lowest BCUT2D eigenvalue weighted by Crippen LogP contribution is -2.44. The highest BCUT2D eigenvalue weighted by molar-refractivity contribution is 6.27. The topological polar surface area (TPSA) is 119 Å². The number of ether oxygens (including phenoxy) is 1. The van der Waals surface area contributed by atoms with Crippen LogP contribution in [0.3, 0.4) is 0 Å². The summed E-state index contributed by atoms with van der Waals surface area (Å²) in [5, 5.41) is 18.0. The van der Waals surface area contributed by atoms with Gasteiger partial charge in [0.15, 0.2) is 0 Å². The standard InChI is InChI=1S/C26H37N3O2.C2H2O4/c1-26(2,20-28(3)4)19-27-25(30)22-13-15-29(16-14-22)18-21-9-8-12-24(17-21)31-23-10-6-5-7-11-23;3-1(4)2(5)6/h5-12,17,22H,13-16,18-20H2,1-4H3,(H,27,30);(H,3,4)(H,5,6). The summed E-state index contributed by atoms with van der Waals surface area (Å²) in [6, 6.07) is 18.1. The van der Waals surface area contributed by atoms with E-state index < -0.39 is 11.9 Å². The van der Waals surface area contributed by atoms with Gasteiger partial charge in [-0.15, -0.1) is 0 Å². The second kappa shape index (κ2) is 14.3. The third-order valence-electron chi connectivity index (χ3n) is 5.91. The van der Waals surface area contributed by atoms with Gasteiger partial charge in [0.1, 0.15) is 11.5 Å². The number of carboxylic acids is 2. The second-order valence-corrected chi connectivity index (χ2v) is 10.3. The van der Waals surface area contributed by atoms with Gasteiger partial charge >= 0.3 is 11.9 Å². The summed E-state index contributed by atoms with van der Waals surface area (Å²) < 4.78 is 5.96. The largest absolute Gasteiger partial charge is 0.473 e. The first-order valence-electron chi connectivity index (χ1n) is 12.4. The smallest absolute Gasteiger partial charge is 0.414 e. The van der Waals surface area contributed by atoms with Gasteiger partial charge in [-0.2, -0.15) is 0 Å². The molecule has 9 heteroatoms. The lowest BCUT2D eigenvalue weighted by atomic mass is 9.91. The van der Waals surface area contributed by atoms with Crippen LogP contribution in [-0.2, 0) is 20.9 Å². The number of benzene rings is 2. The molecule has 202 valence electrons. The van der Waals surface area contributed by atoms with E-state index in [0.717, 1.165) is 57.1 Å². The molecule has 2 aromatic rings. The maximum absolute atomic E-state index is 12.7. The third-order valence-corrected chi connectivity index (χ3v) is 5.91. The predicted octanol–water partition coefficient (Wildman–Crippen LogP) is 3.55. The molecule has 0 unspecified atom stereocenters. The van der Waals surface area contributed by atoms with Crippen LogP contribution in [0.5, 0.6) is 11.5 Å². The zero-order chi connectivity index (χ0) is 27.4. The van der Waals surface area contributed by atoms with Crippen molar-refractivity contribution in [3.8, 4) is 11.5 Å². The van der Waals surface area contributed by atoms with Crippen LogP contribution in [0.25, 0.3) is 0 Å². The van der Waals surface area contributed by atoms with Crippen molar-refractivity contribution >= 4 is 17.8 Å². The molecule has 0 bridgehead atoms. The first-order chi connectivity index (χ1) is 17.4. The number of likely N-dealkylation sites (tertiary alicyclic amines) is 1. The van der Waals surface area contributed by atoms with Crippen LogP contribution in [-0.4, -0.2) is 78.1 Å².